The fourth-order valence-electron chi connectivity index (χ4n) is 1.39. The van der Waals surface area contributed by atoms with E-state index < -0.39 is 0 Å². The third-order valence-electron chi connectivity index (χ3n) is 2.34. The summed E-state index contributed by atoms with van der Waals surface area (Å²) >= 11 is 13.0. The number of nitrogens with zero attached hydrogens (tertiary/aromatic N) is 3. The van der Waals surface area contributed by atoms with Gasteiger partial charge in [-0.2, -0.15) is 0 Å². The SMILES string of the molecule is CC(C)c1nc(Cn2cnc(Cl)c(Cl)c2=O)cs1. The van der Waals surface area contributed by atoms with Crippen LogP contribution in [0.2, 0.25) is 10.2 Å². The molecule has 2 aromatic heterocycles. The molecular formula is C11H11Cl2N3OS. The van der Waals surface area contributed by atoms with Crippen molar-refractivity contribution in [2.24, 2.45) is 0 Å². The summed E-state index contributed by atoms with van der Waals surface area (Å²) in [5.74, 6) is 0.382. The fraction of sp³-hybridized carbons (Fsp3) is 0.364. The van der Waals surface area contributed by atoms with Gasteiger partial charge in [0, 0.05) is 11.3 Å². The first kappa shape index (κ1) is 13.5. The highest BCUT2D eigenvalue weighted by atomic mass is 35.5. The molecule has 0 N–H and O–H groups in total. The maximum Gasteiger partial charge on any atom is 0.274 e. The van der Waals surface area contributed by atoms with Gasteiger partial charge in [-0.05, 0) is 0 Å². The van der Waals surface area contributed by atoms with Crippen molar-refractivity contribution < 1.29 is 0 Å². The molecule has 0 unspecified atom stereocenters. The summed E-state index contributed by atoms with van der Waals surface area (Å²) in [5, 5.41) is 2.95. The van der Waals surface area contributed by atoms with Gasteiger partial charge in [-0.15, -0.1) is 11.3 Å². The molecule has 0 aliphatic heterocycles. The van der Waals surface area contributed by atoms with Gasteiger partial charge in [0.05, 0.1) is 23.6 Å². The Balaban J connectivity index is 2.29. The van der Waals surface area contributed by atoms with E-state index in [1.54, 1.807) is 11.3 Å². The standard InChI is InChI=1S/C11H11Cl2N3OS/c1-6(2)10-15-7(4-18-10)3-16-5-14-9(13)8(12)11(16)17/h4-6H,3H2,1-2H3. The summed E-state index contributed by atoms with van der Waals surface area (Å²) in [5.41, 5.74) is 0.474. The smallest absolute Gasteiger partial charge is 0.274 e. The predicted molar refractivity (Wildman–Crippen MR) is 73.8 cm³/mol. The van der Waals surface area contributed by atoms with Crippen molar-refractivity contribution in [2.45, 2.75) is 26.3 Å². The van der Waals surface area contributed by atoms with Gasteiger partial charge in [-0.1, -0.05) is 37.0 Å². The van der Waals surface area contributed by atoms with Gasteiger partial charge in [0.2, 0.25) is 0 Å². The monoisotopic (exact) mass is 303 g/mol. The van der Waals surface area contributed by atoms with E-state index >= 15 is 0 Å². The van der Waals surface area contributed by atoms with Crippen molar-refractivity contribution >= 4 is 34.5 Å². The lowest BCUT2D eigenvalue weighted by Crippen LogP contribution is -2.21. The van der Waals surface area contributed by atoms with Crippen LogP contribution in [0.3, 0.4) is 0 Å². The van der Waals surface area contributed by atoms with Gasteiger partial charge < -0.3 is 0 Å². The molecule has 7 heteroatoms. The second-order valence-electron chi connectivity index (χ2n) is 4.11. The second kappa shape index (κ2) is 5.38. The molecule has 0 aliphatic rings. The highest BCUT2D eigenvalue weighted by Gasteiger charge is 2.10. The Morgan fingerprint density at radius 3 is 2.78 bits per heavy atom. The molecule has 96 valence electrons. The Kier molecular flexibility index (Phi) is 4.04. The zero-order valence-electron chi connectivity index (χ0n) is 9.85. The van der Waals surface area contributed by atoms with Crippen LogP contribution in [0.1, 0.15) is 30.5 Å². The van der Waals surface area contributed by atoms with E-state index in [1.165, 1.54) is 10.9 Å². The van der Waals surface area contributed by atoms with E-state index in [-0.39, 0.29) is 15.7 Å². The molecule has 0 saturated heterocycles. The average Bonchev–Trinajstić information content (AvgIpc) is 2.79. The number of halogens is 2. The molecule has 2 rings (SSSR count). The van der Waals surface area contributed by atoms with Gasteiger partial charge in [0.1, 0.15) is 5.02 Å². The van der Waals surface area contributed by atoms with Gasteiger partial charge in [0.15, 0.2) is 5.15 Å². The summed E-state index contributed by atoms with van der Waals surface area (Å²) in [7, 11) is 0. The zero-order valence-corrected chi connectivity index (χ0v) is 12.2. The highest BCUT2D eigenvalue weighted by Crippen LogP contribution is 2.19. The van der Waals surface area contributed by atoms with Crippen molar-refractivity contribution in [3.05, 3.63) is 42.9 Å². The molecule has 0 bridgehead atoms. The minimum atomic E-state index is -0.351. The van der Waals surface area contributed by atoms with E-state index in [2.05, 4.69) is 23.8 Å². The quantitative estimate of drug-likeness (QED) is 0.818. The Morgan fingerprint density at radius 2 is 2.17 bits per heavy atom. The normalized spacial score (nSPS) is 11.2. The number of hydrogen-bond donors (Lipinski definition) is 0. The van der Waals surface area contributed by atoms with Crippen LogP contribution >= 0.6 is 34.5 Å². The molecule has 2 aromatic rings. The first-order chi connectivity index (χ1) is 8.49. The summed E-state index contributed by atoms with van der Waals surface area (Å²) in [6.07, 6.45) is 1.38. The summed E-state index contributed by atoms with van der Waals surface area (Å²) in [4.78, 5) is 20.1. The van der Waals surface area contributed by atoms with Crippen LogP contribution in [-0.4, -0.2) is 14.5 Å². The molecule has 0 fully saturated rings. The van der Waals surface area contributed by atoms with E-state index in [4.69, 9.17) is 23.2 Å². The molecule has 0 atom stereocenters. The Labute approximate surface area is 118 Å². The zero-order chi connectivity index (χ0) is 13.3. The Morgan fingerprint density at radius 1 is 1.44 bits per heavy atom. The van der Waals surface area contributed by atoms with Gasteiger partial charge >= 0.3 is 0 Å². The second-order valence-corrected chi connectivity index (χ2v) is 5.74. The van der Waals surface area contributed by atoms with Gasteiger partial charge in [0.25, 0.3) is 5.56 Å². The molecule has 0 amide bonds. The molecule has 0 aliphatic carbocycles. The van der Waals surface area contributed by atoms with Gasteiger partial charge in [-0.25, -0.2) is 9.97 Å². The van der Waals surface area contributed by atoms with Crippen molar-refractivity contribution in [2.75, 3.05) is 0 Å². The first-order valence-corrected chi connectivity index (χ1v) is 6.97. The number of rotatable bonds is 3. The van der Waals surface area contributed by atoms with Crippen LogP contribution in [0.5, 0.6) is 0 Å². The molecule has 18 heavy (non-hydrogen) atoms. The summed E-state index contributed by atoms with van der Waals surface area (Å²) in [6.45, 7) is 4.51. The van der Waals surface area contributed by atoms with Crippen molar-refractivity contribution in [3.63, 3.8) is 0 Å². The van der Waals surface area contributed by atoms with Crippen LogP contribution in [0, 0.1) is 0 Å². The molecule has 0 saturated carbocycles. The molecular weight excluding hydrogens is 293 g/mol. The topological polar surface area (TPSA) is 47.8 Å². The number of hydrogen-bond acceptors (Lipinski definition) is 4. The minimum Gasteiger partial charge on any atom is -0.292 e. The largest absolute Gasteiger partial charge is 0.292 e. The third-order valence-corrected chi connectivity index (χ3v) is 4.25. The lowest BCUT2D eigenvalue weighted by Gasteiger charge is -2.03. The molecule has 0 spiro atoms. The van der Waals surface area contributed by atoms with Crippen molar-refractivity contribution in [1.82, 2.24) is 14.5 Å². The number of aromatic nitrogens is 3. The lowest BCUT2D eigenvalue weighted by atomic mass is 10.2. The van der Waals surface area contributed by atoms with E-state index in [0.717, 1.165) is 10.7 Å². The molecule has 2 heterocycles. The van der Waals surface area contributed by atoms with Crippen LogP contribution < -0.4 is 5.56 Å². The summed E-state index contributed by atoms with van der Waals surface area (Å²) in [6, 6.07) is 0. The van der Waals surface area contributed by atoms with Crippen molar-refractivity contribution in [1.29, 1.82) is 0 Å². The van der Waals surface area contributed by atoms with E-state index in [0.29, 0.717) is 12.5 Å². The average molecular weight is 304 g/mol. The van der Waals surface area contributed by atoms with Crippen LogP contribution in [0.15, 0.2) is 16.5 Å². The van der Waals surface area contributed by atoms with Gasteiger partial charge in [-0.3, -0.25) is 9.36 Å². The minimum absolute atomic E-state index is 0.0269. The Bertz CT molecular complexity index is 621. The van der Waals surface area contributed by atoms with Crippen LogP contribution in [-0.2, 0) is 6.54 Å². The van der Waals surface area contributed by atoms with E-state index in [9.17, 15) is 4.79 Å². The fourth-order valence-corrected chi connectivity index (χ4v) is 2.50. The van der Waals surface area contributed by atoms with Crippen LogP contribution in [0.4, 0.5) is 0 Å². The third kappa shape index (κ3) is 2.74. The highest BCUT2D eigenvalue weighted by molar-refractivity contribution is 7.09. The maximum absolute atomic E-state index is 11.8. The lowest BCUT2D eigenvalue weighted by molar-refractivity contribution is 0.715. The molecule has 0 aromatic carbocycles. The first-order valence-electron chi connectivity index (χ1n) is 5.33. The predicted octanol–water partition coefficient (Wildman–Crippen LogP) is 3.18. The molecule has 4 nitrogen and oxygen atoms in total. The Hall–Kier alpha value is -0.910. The maximum atomic E-state index is 11.8. The van der Waals surface area contributed by atoms with E-state index in [1.807, 2.05) is 5.38 Å². The summed E-state index contributed by atoms with van der Waals surface area (Å²) < 4.78 is 1.40. The van der Waals surface area contributed by atoms with Crippen LogP contribution in [0.25, 0.3) is 0 Å². The number of thiazole rings is 1. The molecule has 0 radical (unpaired) electrons. The van der Waals surface area contributed by atoms with Crippen molar-refractivity contribution in [3.8, 4) is 0 Å².